The third-order valence-corrected chi connectivity index (χ3v) is 10.1. The predicted molar refractivity (Wildman–Crippen MR) is 78.0 cm³/mol. The molecule has 1 rings (SSSR count). The normalized spacial score (nSPS) is 26.6. The minimum atomic E-state index is -3.28. The lowest BCUT2D eigenvalue weighted by Gasteiger charge is -2.44. The zero-order valence-electron chi connectivity index (χ0n) is 12.8. The van der Waals surface area contributed by atoms with E-state index in [4.69, 9.17) is 4.43 Å². The number of rotatable bonds is 4. The number of hydrogen-bond donors (Lipinski definition) is 1. The van der Waals surface area contributed by atoms with Gasteiger partial charge in [0.05, 0.1) is 12.0 Å². The fourth-order valence-electron chi connectivity index (χ4n) is 1.91. The van der Waals surface area contributed by atoms with Crippen LogP contribution in [0.1, 0.15) is 27.7 Å². The van der Waals surface area contributed by atoms with E-state index >= 15 is 0 Å². The maximum absolute atomic E-state index is 11.6. The van der Waals surface area contributed by atoms with Crippen molar-refractivity contribution in [2.75, 3.05) is 6.26 Å². The number of amides is 1. The quantitative estimate of drug-likeness (QED) is 0.631. The number of β-lactam (4-membered cyclic amide) rings is 1. The molecular weight excluding hydrogens is 282 g/mol. The van der Waals surface area contributed by atoms with Gasteiger partial charge in [0.1, 0.15) is 5.37 Å². The lowest BCUT2D eigenvalue weighted by molar-refractivity contribution is -0.136. The van der Waals surface area contributed by atoms with E-state index in [2.05, 4.69) is 39.2 Å². The maximum Gasteiger partial charge on any atom is 0.229 e. The Morgan fingerprint density at radius 2 is 1.79 bits per heavy atom. The van der Waals surface area contributed by atoms with E-state index < -0.39 is 29.4 Å². The molecule has 0 bridgehead atoms. The van der Waals surface area contributed by atoms with Gasteiger partial charge in [-0.3, -0.25) is 4.79 Å². The Kier molecular flexibility index (Phi) is 4.25. The zero-order valence-corrected chi connectivity index (χ0v) is 14.6. The van der Waals surface area contributed by atoms with Gasteiger partial charge in [-0.15, -0.1) is 0 Å². The van der Waals surface area contributed by atoms with Crippen LogP contribution in [-0.4, -0.2) is 40.4 Å². The standard InChI is InChI=1S/C12H25NO4SSi/c1-8(17-19(6,7)12(2,3)4)9-10(14)13-11(9)18(5,15)16/h8-9,11H,1-7H3,(H,13,14)/t8-,9?,11?/m1/s1. The van der Waals surface area contributed by atoms with Crippen molar-refractivity contribution in [1.82, 2.24) is 5.32 Å². The van der Waals surface area contributed by atoms with Gasteiger partial charge in [-0.2, -0.15) is 0 Å². The van der Waals surface area contributed by atoms with E-state index in [-0.39, 0.29) is 17.0 Å². The van der Waals surface area contributed by atoms with Crippen molar-refractivity contribution >= 4 is 24.1 Å². The van der Waals surface area contributed by atoms with Crippen LogP contribution in [0.25, 0.3) is 0 Å². The highest BCUT2D eigenvalue weighted by Gasteiger charge is 2.51. The number of carbonyl (C=O) groups excluding carboxylic acids is 1. The Hall–Kier alpha value is -0.403. The summed E-state index contributed by atoms with van der Waals surface area (Å²) in [5, 5.41) is 1.67. The van der Waals surface area contributed by atoms with Crippen LogP contribution >= 0.6 is 0 Å². The molecule has 5 nitrogen and oxygen atoms in total. The monoisotopic (exact) mass is 307 g/mol. The molecule has 19 heavy (non-hydrogen) atoms. The first-order valence-corrected chi connectivity index (χ1v) is 11.3. The molecule has 112 valence electrons. The summed E-state index contributed by atoms with van der Waals surface area (Å²) in [7, 11) is -5.29. The van der Waals surface area contributed by atoms with Crippen LogP contribution in [0.4, 0.5) is 0 Å². The van der Waals surface area contributed by atoms with Crippen LogP contribution in [0.5, 0.6) is 0 Å². The molecule has 0 radical (unpaired) electrons. The summed E-state index contributed by atoms with van der Waals surface area (Å²) >= 11 is 0. The Morgan fingerprint density at radius 1 is 1.32 bits per heavy atom. The Bertz CT molecular complexity index is 467. The molecule has 1 fully saturated rings. The molecule has 0 aromatic carbocycles. The molecule has 1 N–H and O–H groups in total. The van der Waals surface area contributed by atoms with Gasteiger partial charge in [-0.1, -0.05) is 20.8 Å². The molecule has 0 saturated carbocycles. The van der Waals surface area contributed by atoms with Gasteiger partial charge in [-0.05, 0) is 25.1 Å². The van der Waals surface area contributed by atoms with Gasteiger partial charge in [-0.25, -0.2) is 8.42 Å². The van der Waals surface area contributed by atoms with Crippen LogP contribution < -0.4 is 5.32 Å². The molecule has 1 heterocycles. The summed E-state index contributed by atoms with van der Waals surface area (Å²) in [4.78, 5) is 11.6. The van der Waals surface area contributed by atoms with E-state index in [1.54, 1.807) is 6.92 Å². The van der Waals surface area contributed by atoms with E-state index in [0.29, 0.717) is 0 Å². The summed E-state index contributed by atoms with van der Waals surface area (Å²) in [6.07, 6.45) is 0.762. The van der Waals surface area contributed by atoms with Crippen molar-refractivity contribution in [2.24, 2.45) is 5.92 Å². The van der Waals surface area contributed by atoms with Gasteiger partial charge in [0.2, 0.25) is 5.91 Å². The van der Waals surface area contributed by atoms with Crippen LogP contribution in [0.15, 0.2) is 0 Å². The van der Waals surface area contributed by atoms with E-state index in [0.717, 1.165) is 6.26 Å². The van der Waals surface area contributed by atoms with Crippen LogP contribution in [0.3, 0.4) is 0 Å². The van der Waals surface area contributed by atoms with Gasteiger partial charge >= 0.3 is 0 Å². The lowest BCUT2D eigenvalue weighted by atomic mass is 9.96. The molecule has 0 spiro atoms. The van der Waals surface area contributed by atoms with Crippen LogP contribution in [0, 0.1) is 5.92 Å². The van der Waals surface area contributed by atoms with Crippen LogP contribution in [-0.2, 0) is 19.1 Å². The van der Waals surface area contributed by atoms with Crippen molar-refractivity contribution in [1.29, 1.82) is 0 Å². The highest BCUT2D eigenvalue weighted by Crippen LogP contribution is 2.39. The van der Waals surface area contributed by atoms with Gasteiger partial charge < -0.3 is 9.74 Å². The second-order valence-corrected chi connectivity index (χ2v) is 13.8. The minimum absolute atomic E-state index is 0.0298. The molecule has 0 aromatic rings. The smallest absolute Gasteiger partial charge is 0.229 e. The number of hydrogen-bond acceptors (Lipinski definition) is 4. The molecule has 0 aromatic heterocycles. The molecule has 7 heteroatoms. The van der Waals surface area contributed by atoms with Gasteiger partial charge in [0.15, 0.2) is 18.2 Å². The Morgan fingerprint density at radius 3 is 2.11 bits per heavy atom. The maximum atomic E-state index is 11.6. The van der Waals surface area contributed by atoms with Crippen molar-refractivity contribution < 1.29 is 17.6 Å². The zero-order chi connectivity index (χ0) is 15.2. The second-order valence-electron chi connectivity index (χ2n) is 6.87. The van der Waals surface area contributed by atoms with Gasteiger partial charge in [0.25, 0.3) is 0 Å². The highest BCUT2D eigenvalue weighted by molar-refractivity contribution is 7.91. The molecule has 1 aliphatic heterocycles. The first kappa shape index (κ1) is 16.7. The minimum Gasteiger partial charge on any atom is -0.413 e. The SMILES string of the molecule is C[C@@H](O[Si](C)(C)C(C)(C)C)C1C(=O)NC1S(C)(=O)=O. The van der Waals surface area contributed by atoms with Crippen LogP contribution in [0.2, 0.25) is 18.1 Å². The molecule has 3 atom stereocenters. The molecule has 1 aliphatic rings. The van der Waals surface area contributed by atoms with E-state index in [1.165, 1.54) is 0 Å². The summed E-state index contributed by atoms with van der Waals surface area (Å²) in [6, 6.07) is 0. The van der Waals surface area contributed by atoms with Crippen molar-refractivity contribution in [3.8, 4) is 0 Å². The van der Waals surface area contributed by atoms with Crippen molar-refractivity contribution in [2.45, 2.75) is 57.3 Å². The average Bonchev–Trinajstić information content (AvgIpc) is 2.08. The summed E-state index contributed by atoms with van der Waals surface area (Å²) in [5.41, 5.74) is 0. The average molecular weight is 307 g/mol. The fraction of sp³-hybridized carbons (Fsp3) is 0.917. The molecule has 2 unspecified atom stereocenters. The van der Waals surface area contributed by atoms with Crippen molar-refractivity contribution in [3.63, 3.8) is 0 Å². The number of nitrogens with one attached hydrogen (secondary N) is 1. The molecule has 1 saturated heterocycles. The second kappa shape index (κ2) is 4.86. The third kappa shape index (κ3) is 3.38. The fourth-order valence-corrected chi connectivity index (χ4v) is 4.55. The Labute approximate surface area is 117 Å². The Balaban J connectivity index is 2.84. The summed E-state index contributed by atoms with van der Waals surface area (Å²) in [5.74, 6) is -0.828. The van der Waals surface area contributed by atoms with Gasteiger partial charge in [0, 0.05) is 6.26 Å². The molecular formula is C12H25NO4SSi. The predicted octanol–water partition coefficient (Wildman–Crippen LogP) is 1.51. The van der Waals surface area contributed by atoms with E-state index in [9.17, 15) is 13.2 Å². The van der Waals surface area contributed by atoms with Crippen molar-refractivity contribution in [3.05, 3.63) is 0 Å². The first-order chi connectivity index (χ1) is 8.27. The largest absolute Gasteiger partial charge is 0.413 e. The first-order valence-electron chi connectivity index (χ1n) is 6.44. The topological polar surface area (TPSA) is 72.5 Å². The third-order valence-electron chi connectivity index (χ3n) is 4.17. The van der Waals surface area contributed by atoms with E-state index in [1.807, 2.05) is 0 Å². The summed E-state index contributed by atoms with van der Waals surface area (Å²) < 4.78 is 29.3. The number of carbonyl (C=O) groups is 1. The molecule has 0 aliphatic carbocycles. The highest BCUT2D eigenvalue weighted by atomic mass is 32.2. The number of sulfone groups is 1. The molecule has 1 amide bonds. The lowest BCUT2D eigenvalue weighted by Crippen LogP contribution is -2.66. The summed E-state index contributed by atoms with van der Waals surface area (Å²) in [6.45, 7) is 12.3.